The molecule has 2 aromatic carbocycles. The van der Waals surface area contributed by atoms with Crippen LogP contribution in [0.3, 0.4) is 0 Å². The number of phenolic OH excluding ortho intramolecular Hbond substituents is 1. The maximum Gasteiger partial charge on any atom is 0.164 e. The topological polar surface area (TPSA) is 38.7 Å². The third-order valence-corrected chi connectivity index (χ3v) is 6.63. The van der Waals surface area contributed by atoms with E-state index in [1.165, 1.54) is 19.2 Å². The lowest BCUT2D eigenvalue weighted by atomic mass is 9.89. The van der Waals surface area contributed by atoms with Gasteiger partial charge in [-0.2, -0.15) is 0 Å². The SMILES string of the molecule is CCCC(CC)(Pc1ccc(F)cc1F)c1cc(OC)cc(OC)c1O. The van der Waals surface area contributed by atoms with Gasteiger partial charge in [-0.05, 0) is 31.0 Å². The summed E-state index contributed by atoms with van der Waals surface area (Å²) in [4.78, 5) is 0. The lowest BCUT2D eigenvalue weighted by molar-refractivity contribution is 0.354. The van der Waals surface area contributed by atoms with Crippen molar-refractivity contribution in [2.24, 2.45) is 0 Å². The van der Waals surface area contributed by atoms with Crippen molar-refractivity contribution < 1.29 is 23.4 Å². The Labute approximate surface area is 155 Å². The summed E-state index contributed by atoms with van der Waals surface area (Å²) in [5, 5.41) is 10.7. The first kappa shape index (κ1) is 20.4. The van der Waals surface area contributed by atoms with Crippen molar-refractivity contribution in [3.05, 3.63) is 47.5 Å². The van der Waals surface area contributed by atoms with Gasteiger partial charge in [0.2, 0.25) is 0 Å². The van der Waals surface area contributed by atoms with Crippen LogP contribution >= 0.6 is 8.58 Å². The molecule has 6 heteroatoms. The van der Waals surface area contributed by atoms with Gasteiger partial charge >= 0.3 is 0 Å². The minimum Gasteiger partial charge on any atom is -0.504 e. The summed E-state index contributed by atoms with van der Waals surface area (Å²) in [6.07, 6.45) is 2.27. The fraction of sp³-hybridized carbons (Fsp3) is 0.400. The molecule has 0 spiro atoms. The maximum absolute atomic E-state index is 14.3. The number of halogens is 2. The van der Waals surface area contributed by atoms with Gasteiger partial charge in [0, 0.05) is 28.2 Å². The largest absolute Gasteiger partial charge is 0.504 e. The average Bonchev–Trinajstić information content (AvgIpc) is 2.63. The highest BCUT2D eigenvalue weighted by Crippen LogP contribution is 2.53. The van der Waals surface area contributed by atoms with Crippen molar-refractivity contribution in [1.82, 2.24) is 0 Å². The number of hydrogen-bond donors (Lipinski definition) is 1. The van der Waals surface area contributed by atoms with Gasteiger partial charge in [0.05, 0.1) is 14.2 Å². The number of benzene rings is 2. The highest BCUT2D eigenvalue weighted by atomic mass is 31.1. The van der Waals surface area contributed by atoms with E-state index in [1.807, 2.05) is 13.8 Å². The second kappa shape index (κ2) is 8.68. The highest BCUT2D eigenvalue weighted by Gasteiger charge is 2.35. The van der Waals surface area contributed by atoms with Crippen LogP contribution < -0.4 is 14.8 Å². The third-order valence-electron chi connectivity index (χ3n) is 4.61. The Kier molecular flexibility index (Phi) is 6.82. The first-order valence-electron chi connectivity index (χ1n) is 8.59. The van der Waals surface area contributed by atoms with Gasteiger partial charge in [0.25, 0.3) is 0 Å². The Balaban J connectivity index is 2.62. The Morgan fingerprint density at radius 3 is 2.35 bits per heavy atom. The van der Waals surface area contributed by atoms with Crippen LogP contribution in [0, 0.1) is 11.6 Å². The Bertz CT molecular complexity index is 767. The van der Waals surface area contributed by atoms with Gasteiger partial charge in [-0.1, -0.05) is 28.8 Å². The molecule has 0 aliphatic heterocycles. The van der Waals surface area contributed by atoms with Crippen LogP contribution in [-0.2, 0) is 5.16 Å². The van der Waals surface area contributed by atoms with E-state index >= 15 is 0 Å². The molecule has 0 bridgehead atoms. The Morgan fingerprint density at radius 2 is 1.81 bits per heavy atom. The van der Waals surface area contributed by atoms with Gasteiger partial charge < -0.3 is 14.6 Å². The van der Waals surface area contributed by atoms with E-state index in [0.717, 1.165) is 18.9 Å². The van der Waals surface area contributed by atoms with Crippen LogP contribution in [0.1, 0.15) is 38.7 Å². The maximum atomic E-state index is 14.3. The molecule has 3 nitrogen and oxygen atoms in total. The summed E-state index contributed by atoms with van der Waals surface area (Å²) < 4.78 is 38.2. The van der Waals surface area contributed by atoms with Gasteiger partial charge in [-0.3, -0.25) is 0 Å². The normalized spacial score (nSPS) is 13.8. The van der Waals surface area contributed by atoms with Crippen LogP contribution in [0.4, 0.5) is 8.78 Å². The number of aromatic hydroxyl groups is 1. The van der Waals surface area contributed by atoms with Crippen LogP contribution in [0.25, 0.3) is 0 Å². The van der Waals surface area contributed by atoms with Crippen LogP contribution in [0.2, 0.25) is 0 Å². The number of rotatable bonds is 8. The second-order valence-corrected chi connectivity index (χ2v) is 7.91. The zero-order valence-electron chi connectivity index (χ0n) is 15.5. The highest BCUT2D eigenvalue weighted by molar-refractivity contribution is 7.48. The molecule has 0 fully saturated rings. The summed E-state index contributed by atoms with van der Waals surface area (Å²) in [7, 11) is 3.05. The van der Waals surface area contributed by atoms with Crippen molar-refractivity contribution in [3.8, 4) is 17.2 Å². The fourth-order valence-corrected chi connectivity index (χ4v) is 4.97. The molecule has 0 aliphatic carbocycles. The minimum atomic E-state index is -0.598. The van der Waals surface area contributed by atoms with Crippen molar-refractivity contribution in [2.75, 3.05) is 14.2 Å². The van der Waals surface area contributed by atoms with Gasteiger partial charge in [-0.25, -0.2) is 8.78 Å². The first-order chi connectivity index (χ1) is 12.4. The lowest BCUT2D eigenvalue weighted by Gasteiger charge is -2.35. The number of ether oxygens (including phenoxy) is 2. The van der Waals surface area contributed by atoms with Gasteiger partial charge in [0.1, 0.15) is 17.4 Å². The van der Waals surface area contributed by atoms with Crippen molar-refractivity contribution in [1.29, 1.82) is 0 Å². The van der Waals surface area contributed by atoms with Gasteiger partial charge in [-0.15, -0.1) is 0 Å². The molecule has 0 aromatic heterocycles. The average molecular weight is 382 g/mol. The zero-order valence-corrected chi connectivity index (χ0v) is 16.5. The fourth-order valence-electron chi connectivity index (χ4n) is 3.22. The monoisotopic (exact) mass is 382 g/mol. The lowest BCUT2D eigenvalue weighted by Crippen LogP contribution is -2.24. The number of methoxy groups -OCH3 is 2. The van der Waals surface area contributed by atoms with E-state index in [-0.39, 0.29) is 14.3 Å². The zero-order chi connectivity index (χ0) is 19.3. The predicted molar refractivity (Wildman–Crippen MR) is 102 cm³/mol. The number of hydrogen-bond acceptors (Lipinski definition) is 3. The molecule has 0 aliphatic rings. The first-order valence-corrected chi connectivity index (χ1v) is 9.59. The molecule has 2 rings (SSSR count). The quantitative estimate of drug-likeness (QED) is 0.646. The van der Waals surface area contributed by atoms with Crippen molar-refractivity contribution >= 4 is 13.9 Å². The summed E-state index contributed by atoms with van der Waals surface area (Å²) >= 11 is 0. The Hall–Kier alpha value is -1.87. The second-order valence-electron chi connectivity index (χ2n) is 6.16. The number of phenols is 1. The minimum absolute atomic E-state index is 0.0245. The molecule has 0 heterocycles. The van der Waals surface area contributed by atoms with Crippen molar-refractivity contribution in [2.45, 2.75) is 38.3 Å². The van der Waals surface area contributed by atoms with Crippen LogP contribution in [0.5, 0.6) is 17.2 Å². The van der Waals surface area contributed by atoms with Gasteiger partial charge in [0.15, 0.2) is 11.5 Å². The van der Waals surface area contributed by atoms with E-state index in [4.69, 9.17) is 9.47 Å². The molecular formula is C20H25F2O3P. The summed E-state index contributed by atoms with van der Waals surface area (Å²) in [5.41, 5.74) is 0.667. The molecule has 1 N–H and O–H groups in total. The molecular weight excluding hydrogens is 357 g/mol. The summed E-state index contributed by atoms with van der Waals surface area (Å²) in [6.45, 7) is 4.06. The Morgan fingerprint density at radius 1 is 1.08 bits per heavy atom. The molecule has 0 radical (unpaired) electrons. The molecule has 142 valence electrons. The smallest absolute Gasteiger partial charge is 0.164 e. The molecule has 0 saturated carbocycles. The van der Waals surface area contributed by atoms with E-state index < -0.39 is 16.8 Å². The predicted octanol–water partition coefficient (Wildman–Crippen LogP) is 5.10. The molecule has 0 saturated heterocycles. The molecule has 26 heavy (non-hydrogen) atoms. The summed E-state index contributed by atoms with van der Waals surface area (Å²) in [6, 6.07) is 7.06. The molecule has 2 aromatic rings. The molecule has 0 amide bonds. The van der Waals surface area contributed by atoms with E-state index in [0.29, 0.717) is 28.8 Å². The standard InChI is InChI=1S/C20H25F2O3P/c1-5-9-20(6-2,26-18-8-7-13(21)10-16(18)22)15-11-14(24-3)12-17(25-4)19(15)23/h7-8,10-12,23,26H,5-6,9H2,1-4H3. The van der Waals surface area contributed by atoms with E-state index in [2.05, 4.69) is 0 Å². The van der Waals surface area contributed by atoms with E-state index in [1.54, 1.807) is 19.2 Å². The summed E-state index contributed by atoms with van der Waals surface area (Å²) in [5.74, 6) is -0.240. The van der Waals surface area contributed by atoms with E-state index in [9.17, 15) is 13.9 Å². The molecule has 2 atom stereocenters. The third kappa shape index (κ3) is 4.09. The molecule has 2 unspecified atom stereocenters. The van der Waals surface area contributed by atoms with Crippen molar-refractivity contribution in [3.63, 3.8) is 0 Å². The van der Waals surface area contributed by atoms with Crippen LogP contribution in [0.15, 0.2) is 30.3 Å². The van der Waals surface area contributed by atoms with Crippen LogP contribution in [-0.4, -0.2) is 19.3 Å².